The van der Waals surface area contributed by atoms with Crippen molar-refractivity contribution in [2.75, 3.05) is 13.1 Å². The van der Waals surface area contributed by atoms with Crippen molar-refractivity contribution in [3.8, 4) is 0 Å². The van der Waals surface area contributed by atoms with Crippen molar-refractivity contribution in [3.05, 3.63) is 46.3 Å². The van der Waals surface area contributed by atoms with Crippen LogP contribution >= 0.6 is 11.6 Å². The number of halogens is 1. The maximum Gasteiger partial charge on any atom is 0.310 e. The summed E-state index contributed by atoms with van der Waals surface area (Å²) in [5.74, 6) is -1.40. The van der Waals surface area contributed by atoms with Crippen molar-refractivity contribution in [2.45, 2.75) is 44.6 Å². The SMILES string of the molecule is Cc1noc(C)c1S(=O)(=O)N1CCC[C@@H](C(=O)O[C@H](C)C(=O)c2ccc(Cl)cc2)C1. The smallest absolute Gasteiger partial charge is 0.310 e. The zero-order valence-corrected chi connectivity index (χ0v) is 18.5. The number of nitrogens with zero attached hydrogens (tertiary/aromatic N) is 2. The summed E-state index contributed by atoms with van der Waals surface area (Å²) >= 11 is 5.83. The van der Waals surface area contributed by atoms with Gasteiger partial charge in [0.2, 0.25) is 15.8 Å². The zero-order valence-electron chi connectivity index (χ0n) is 16.9. The molecule has 2 atom stereocenters. The summed E-state index contributed by atoms with van der Waals surface area (Å²) in [6, 6.07) is 6.30. The second kappa shape index (κ2) is 8.87. The number of aryl methyl sites for hydroxylation is 2. The van der Waals surface area contributed by atoms with E-state index in [2.05, 4.69) is 5.16 Å². The molecule has 0 aliphatic carbocycles. The normalized spacial score (nSPS) is 18.7. The molecule has 10 heteroatoms. The van der Waals surface area contributed by atoms with Crippen LogP contribution in [0.15, 0.2) is 33.7 Å². The average Bonchev–Trinajstić information content (AvgIpc) is 3.06. The minimum absolute atomic E-state index is 0.0208. The molecule has 8 nitrogen and oxygen atoms in total. The topological polar surface area (TPSA) is 107 Å². The van der Waals surface area contributed by atoms with Crippen LogP contribution < -0.4 is 0 Å². The minimum atomic E-state index is -3.85. The molecule has 0 spiro atoms. The van der Waals surface area contributed by atoms with E-state index in [0.29, 0.717) is 23.4 Å². The Hall–Kier alpha value is -2.23. The standard InChI is InChI=1S/C20H23ClN2O6S/c1-12-19(14(3)29-22-12)30(26,27)23-10-4-5-16(11-23)20(25)28-13(2)18(24)15-6-8-17(21)9-7-15/h6-9,13,16H,4-5,10-11H2,1-3H3/t13-,16-/m1/s1. The average molecular weight is 455 g/mol. The van der Waals surface area contributed by atoms with Crippen LogP contribution in [0.2, 0.25) is 5.02 Å². The van der Waals surface area contributed by atoms with Gasteiger partial charge in [-0.15, -0.1) is 0 Å². The first-order valence-corrected chi connectivity index (χ1v) is 11.4. The fourth-order valence-electron chi connectivity index (χ4n) is 3.50. The molecule has 2 aromatic rings. The van der Waals surface area contributed by atoms with E-state index in [-0.39, 0.29) is 35.2 Å². The van der Waals surface area contributed by atoms with Gasteiger partial charge in [0.25, 0.3) is 0 Å². The van der Waals surface area contributed by atoms with Crippen LogP contribution in [0.3, 0.4) is 0 Å². The van der Waals surface area contributed by atoms with Crippen molar-refractivity contribution >= 4 is 33.4 Å². The van der Waals surface area contributed by atoms with E-state index >= 15 is 0 Å². The van der Waals surface area contributed by atoms with Crippen LogP contribution in [0, 0.1) is 19.8 Å². The Kier molecular flexibility index (Phi) is 6.64. The van der Waals surface area contributed by atoms with Gasteiger partial charge in [0.05, 0.1) is 5.92 Å². The number of rotatable bonds is 6. The lowest BCUT2D eigenvalue weighted by Gasteiger charge is -2.31. The summed E-state index contributed by atoms with van der Waals surface area (Å²) in [6.07, 6.45) is -0.0101. The van der Waals surface area contributed by atoms with E-state index < -0.39 is 28.0 Å². The quantitative estimate of drug-likeness (QED) is 0.487. The Labute approximate surface area is 180 Å². The molecule has 1 aliphatic heterocycles. The fourth-order valence-corrected chi connectivity index (χ4v) is 5.44. The Morgan fingerprint density at radius 3 is 2.53 bits per heavy atom. The Balaban J connectivity index is 1.68. The van der Waals surface area contributed by atoms with Gasteiger partial charge in [0.15, 0.2) is 11.9 Å². The molecule has 162 valence electrons. The molecule has 2 heterocycles. The maximum absolute atomic E-state index is 13.0. The van der Waals surface area contributed by atoms with E-state index in [4.69, 9.17) is 20.9 Å². The molecule has 1 aromatic heterocycles. The predicted octanol–water partition coefficient (Wildman–Crippen LogP) is 3.16. The lowest BCUT2D eigenvalue weighted by atomic mass is 9.99. The molecule has 3 rings (SSSR count). The third-order valence-electron chi connectivity index (χ3n) is 5.07. The number of carbonyl (C=O) groups excluding carboxylic acids is 2. The number of hydrogen-bond donors (Lipinski definition) is 0. The molecule has 0 unspecified atom stereocenters. The molecule has 0 radical (unpaired) electrons. The number of piperidine rings is 1. The van der Waals surface area contributed by atoms with Gasteiger partial charge in [-0.2, -0.15) is 4.31 Å². The predicted molar refractivity (Wildman–Crippen MR) is 109 cm³/mol. The first-order chi connectivity index (χ1) is 14.1. The number of aromatic nitrogens is 1. The van der Waals surface area contributed by atoms with Crippen molar-refractivity contribution in [2.24, 2.45) is 5.92 Å². The van der Waals surface area contributed by atoms with Gasteiger partial charge < -0.3 is 9.26 Å². The number of ether oxygens (including phenoxy) is 1. The van der Waals surface area contributed by atoms with Crippen LogP contribution in [0.1, 0.15) is 41.6 Å². The van der Waals surface area contributed by atoms with Gasteiger partial charge in [-0.25, -0.2) is 8.42 Å². The van der Waals surface area contributed by atoms with Gasteiger partial charge in [0, 0.05) is 23.7 Å². The molecule has 1 saturated heterocycles. The Bertz CT molecular complexity index is 1030. The molecule has 0 bridgehead atoms. The highest BCUT2D eigenvalue weighted by atomic mass is 35.5. The molecule has 0 N–H and O–H groups in total. The molecular formula is C20H23ClN2O6S. The van der Waals surface area contributed by atoms with Crippen molar-refractivity contribution in [3.63, 3.8) is 0 Å². The number of carbonyl (C=O) groups is 2. The summed E-state index contributed by atoms with van der Waals surface area (Å²) < 4.78 is 37.6. The number of sulfonamides is 1. The molecular weight excluding hydrogens is 432 g/mol. The molecule has 0 saturated carbocycles. The summed E-state index contributed by atoms with van der Waals surface area (Å²) in [5, 5.41) is 4.20. The summed E-state index contributed by atoms with van der Waals surface area (Å²) in [4.78, 5) is 25.2. The third kappa shape index (κ3) is 4.58. The van der Waals surface area contributed by atoms with Crippen LogP contribution in [0.25, 0.3) is 0 Å². The van der Waals surface area contributed by atoms with E-state index in [9.17, 15) is 18.0 Å². The minimum Gasteiger partial charge on any atom is -0.454 e. The molecule has 1 aliphatic rings. The van der Waals surface area contributed by atoms with E-state index in [1.165, 1.54) is 18.2 Å². The maximum atomic E-state index is 13.0. The number of esters is 1. The summed E-state index contributed by atoms with van der Waals surface area (Å²) in [5.41, 5.74) is 0.658. The molecule has 1 aromatic carbocycles. The molecule has 0 amide bonds. The molecule has 1 fully saturated rings. The van der Waals surface area contributed by atoms with Crippen molar-refractivity contribution in [1.82, 2.24) is 9.46 Å². The Morgan fingerprint density at radius 2 is 1.93 bits per heavy atom. The van der Waals surface area contributed by atoms with Gasteiger partial charge in [-0.3, -0.25) is 9.59 Å². The zero-order chi connectivity index (χ0) is 22.1. The fraction of sp³-hybridized carbons (Fsp3) is 0.450. The third-order valence-corrected chi connectivity index (χ3v) is 7.44. The number of Topliss-reactive ketones (excluding diaryl/α,β-unsaturated/α-hetero) is 1. The number of ketones is 1. The highest BCUT2D eigenvalue weighted by Crippen LogP contribution is 2.28. The van der Waals surface area contributed by atoms with Gasteiger partial charge in [-0.05, 0) is 57.9 Å². The Morgan fingerprint density at radius 1 is 1.27 bits per heavy atom. The van der Waals surface area contributed by atoms with Crippen molar-refractivity contribution < 1.29 is 27.3 Å². The van der Waals surface area contributed by atoms with Crippen molar-refractivity contribution in [1.29, 1.82) is 0 Å². The van der Waals surface area contributed by atoms with Gasteiger partial charge in [0.1, 0.15) is 10.6 Å². The second-order valence-corrected chi connectivity index (χ2v) is 9.62. The highest BCUT2D eigenvalue weighted by molar-refractivity contribution is 7.89. The second-order valence-electron chi connectivity index (χ2n) is 7.31. The summed E-state index contributed by atoms with van der Waals surface area (Å²) in [6.45, 7) is 4.86. The lowest BCUT2D eigenvalue weighted by molar-refractivity contribution is -0.152. The largest absolute Gasteiger partial charge is 0.454 e. The summed E-state index contributed by atoms with van der Waals surface area (Å²) in [7, 11) is -3.85. The first-order valence-electron chi connectivity index (χ1n) is 9.54. The van der Waals surface area contributed by atoms with Crippen LogP contribution in [0.5, 0.6) is 0 Å². The van der Waals surface area contributed by atoms with Gasteiger partial charge in [-0.1, -0.05) is 16.8 Å². The van der Waals surface area contributed by atoms with Crippen LogP contribution in [-0.4, -0.2) is 48.8 Å². The number of benzene rings is 1. The van der Waals surface area contributed by atoms with Crippen LogP contribution in [0.4, 0.5) is 0 Å². The highest BCUT2D eigenvalue weighted by Gasteiger charge is 2.37. The van der Waals surface area contributed by atoms with E-state index in [1.54, 1.807) is 31.2 Å². The monoisotopic (exact) mass is 454 g/mol. The first kappa shape index (κ1) is 22.5. The number of hydrogen-bond acceptors (Lipinski definition) is 7. The molecule has 30 heavy (non-hydrogen) atoms. The lowest BCUT2D eigenvalue weighted by Crippen LogP contribution is -2.43. The van der Waals surface area contributed by atoms with Crippen LogP contribution in [-0.2, 0) is 19.6 Å². The van der Waals surface area contributed by atoms with E-state index in [1.807, 2.05) is 0 Å². The van der Waals surface area contributed by atoms with Gasteiger partial charge >= 0.3 is 5.97 Å². The van der Waals surface area contributed by atoms with E-state index in [0.717, 1.165) is 0 Å².